The van der Waals surface area contributed by atoms with Gasteiger partial charge in [0.15, 0.2) is 11.8 Å². The summed E-state index contributed by atoms with van der Waals surface area (Å²) in [5.41, 5.74) is 8.54. The van der Waals surface area contributed by atoms with E-state index in [-0.39, 0.29) is 24.1 Å². The number of thioether (sulfide) groups is 1. The number of ether oxygens (including phenoxy) is 3. The summed E-state index contributed by atoms with van der Waals surface area (Å²) in [4.78, 5) is 20.1. The number of nitrogens with zero attached hydrogens (tertiary/aromatic N) is 3. The van der Waals surface area contributed by atoms with Crippen molar-refractivity contribution < 1.29 is 27.4 Å². The summed E-state index contributed by atoms with van der Waals surface area (Å²) >= 11 is 1.25. The van der Waals surface area contributed by atoms with Crippen LogP contribution in [0.1, 0.15) is 24.2 Å². The molecule has 4 aromatic rings. The van der Waals surface area contributed by atoms with E-state index >= 15 is 0 Å². The zero-order valence-electron chi connectivity index (χ0n) is 20.7. The third-order valence-electron chi connectivity index (χ3n) is 5.62. The minimum Gasteiger partial charge on any atom is -0.497 e. The zero-order chi connectivity index (χ0) is 26.7. The van der Waals surface area contributed by atoms with Crippen molar-refractivity contribution >= 4 is 38.7 Å². The SMILES string of the molecule is C.COc1ccc2c(c1)nc(SCc1ncc(C)c(OC)c1C)n2S(=O)(=O)c1ccc(OCC(N)=O)cc1. The van der Waals surface area contributed by atoms with Gasteiger partial charge in [-0.25, -0.2) is 17.4 Å². The number of fused-ring (bicyclic) bond motifs is 1. The first kappa shape index (κ1) is 28.8. The summed E-state index contributed by atoms with van der Waals surface area (Å²) in [6.45, 7) is 3.53. The lowest BCUT2D eigenvalue weighted by Crippen LogP contribution is -2.20. The van der Waals surface area contributed by atoms with Gasteiger partial charge >= 0.3 is 0 Å². The molecule has 2 N–H and O–H groups in total. The van der Waals surface area contributed by atoms with E-state index in [0.29, 0.717) is 28.3 Å². The number of rotatable bonds is 10. The molecule has 0 saturated heterocycles. The Hall–Kier alpha value is -3.77. The average Bonchev–Trinajstić information content (AvgIpc) is 3.25. The molecule has 0 bridgehead atoms. The molecule has 202 valence electrons. The van der Waals surface area contributed by atoms with Crippen molar-refractivity contribution in [2.24, 2.45) is 5.73 Å². The highest BCUT2D eigenvalue weighted by Crippen LogP contribution is 2.34. The molecule has 0 saturated carbocycles. The number of carbonyl (C=O) groups excluding carboxylic acids is 1. The average molecular weight is 559 g/mol. The number of hydrogen-bond donors (Lipinski definition) is 1. The lowest BCUT2D eigenvalue weighted by molar-refractivity contribution is -0.119. The van der Waals surface area contributed by atoms with E-state index in [4.69, 9.17) is 19.9 Å². The quantitative estimate of drug-likeness (QED) is 0.285. The largest absolute Gasteiger partial charge is 0.497 e. The number of amides is 1. The Morgan fingerprint density at radius 1 is 1.05 bits per heavy atom. The van der Waals surface area contributed by atoms with Crippen LogP contribution in [-0.2, 0) is 20.6 Å². The minimum atomic E-state index is -4.05. The first-order valence-electron chi connectivity index (χ1n) is 11.1. The number of nitrogens with two attached hydrogens (primary N) is 1. The van der Waals surface area contributed by atoms with Gasteiger partial charge in [0.1, 0.15) is 17.2 Å². The van der Waals surface area contributed by atoms with Crippen molar-refractivity contribution in [3.63, 3.8) is 0 Å². The fourth-order valence-electron chi connectivity index (χ4n) is 3.78. The standard InChI is InChI=1S/C25H26N4O6S2.CH4/c1-15-12-27-21(16(2)24(15)34-4)14-36-25-28-20-11-18(33-3)7-10-22(20)29(25)37(31,32)19-8-5-17(6-9-19)35-13-23(26)30;/h5-12H,13-14H2,1-4H3,(H2,26,30);1H4. The van der Waals surface area contributed by atoms with Gasteiger partial charge in [-0.1, -0.05) is 19.2 Å². The van der Waals surface area contributed by atoms with Gasteiger partial charge in [-0.3, -0.25) is 9.78 Å². The van der Waals surface area contributed by atoms with Crippen LogP contribution in [0.25, 0.3) is 11.0 Å². The monoisotopic (exact) mass is 558 g/mol. The van der Waals surface area contributed by atoms with Gasteiger partial charge < -0.3 is 19.9 Å². The van der Waals surface area contributed by atoms with E-state index in [1.54, 1.807) is 31.5 Å². The number of methoxy groups -OCH3 is 2. The number of pyridine rings is 1. The Bertz CT molecular complexity index is 1570. The van der Waals surface area contributed by atoms with Crippen LogP contribution in [-0.4, -0.2) is 49.1 Å². The van der Waals surface area contributed by atoms with Crippen LogP contribution in [0.15, 0.2) is 58.7 Å². The predicted molar refractivity (Wildman–Crippen MR) is 147 cm³/mol. The maximum Gasteiger partial charge on any atom is 0.270 e. The molecule has 0 unspecified atom stereocenters. The smallest absolute Gasteiger partial charge is 0.270 e. The molecule has 10 nitrogen and oxygen atoms in total. The molecule has 2 heterocycles. The Morgan fingerprint density at radius 3 is 2.37 bits per heavy atom. The molecule has 2 aromatic heterocycles. The topological polar surface area (TPSA) is 136 Å². The van der Waals surface area contributed by atoms with Gasteiger partial charge in [-0.2, -0.15) is 0 Å². The second kappa shape index (κ2) is 11.7. The van der Waals surface area contributed by atoms with Crippen molar-refractivity contribution in [2.45, 2.75) is 37.1 Å². The van der Waals surface area contributed by atoms with Crippen molar-refractivity contribution in [3.05, 3.63) is 65.5 Å². The van der Waals surface area contributed by atoms with Crippen LogP contribution >= 0.6 is 11.8 Å². The lowest BCUT2D eigenvalue weighted by Gasteiger charge is -2.13. The molecule has 0 aliphatic carbocycles. The highest BCUT2D eigenvalue weighted by atomic mass is 32.2. The summed E-state index contributed by atoms with van der Waals surface area (Å²) in [6, 6.07) is 10.8. The summed E-state index contributed by atoms with van der Waals surface area (Å²) in [5, 5.41) is 0.276. The third kappa shape index (κ3) is 5.70. The van der Waals surface area contributed by atoms with E-state index in [1.807, 2.05) is 13.8 Å². The Morgan fingerprint density at radius 2 is 1.74 bits per heavy atom. The molecule has 1 amide bonds. The number of primary amides is 1. The van der Waals surface area contributed by atoms with E-state index < -0.39 is 15.9 Å². The number of imidazole rings is 1. The predicted octanol–water partition coefficient (Wildman–Crippen LogP) is 4.09. The molecular formula is C26H30N4O6S2. The first-order chi connectivity index (χ1) is 17.6. The Balaban J connectivity index is 0.00000400. The van der Waals surface area contributed by atoms with Crippen molar-refractivity contribution in [1.82, 2.24) is 13.9 Å². The van der Waals surface area contributed by atoms with Gasteiger partial charge in [0.2, 0.25) is 0 Å². The number of benzene rings is 2. The second-order valence-corrected chi connectivity index (χ2v) is 10.8. The van der Waals surface area contributed by atoms with Crippen LogP contribution in [0.4, 0.5) is 0 Å². The Labute approximate surface area is 226 Å². The molecule has 2 aromatic carbocycles. The van der Waals surface area contributed by atoms with Crippen LogP contribution in [0.3, 0.4) is 0 Å². The number of carbonyl (C=O) groups is 1. The third-order valence-corrected chi connectivity index (χ3v) is 8.41. The molecule has 0 atom stereocenters. The molecule has 0 spiro atoms. The molecule has 4 rings (SSSR count). The summed E-state index contributed by atoms with van der Waals surface area (Å²) in [6.07, 6.45) is 1.73. The molecule has 0 aliphatic heterocycles. The summed E-state index contributed by atoms with van der Waals surface area (Å²) in [7, 11) is -0.914. The van der Waals surface area contributed by atoms with E-state index in [9.17, 15) is 13.2 Å². The summed E-state index contributed by atoms with van der Waals surface area (Å²) in [5.74, 6) is 1.37. The number of aryl methyl sites for hydroxylation is 1. The fourth-order valence-corrected chi connectivity index (χ4v) is 6.52. The molecule has 38 heavy (non-hydrogen) atoms. The highest BCUT2D eigenvalue weighted by molar-refractivity contribution is 7.99. The summed E-state index contributed by atoms with van der Waals surface area (Å²) < 4.78 is 44.9. The second-order valence-electron chi connectivity index (χ2n) is 8.08. The first-order valence-corrected chi connectivity index (χ1v) is 13.5. The van der Waals surface area contributed by atoms with Gasteiger partial charge in [0.25, 0.3) is 15.9 Å². The fraction of sp³-hybridized carbons (Fsp3) is 0.269. The molecule has 0 aliphatic rings. The van der Waals surface area contributed by atoms with E-state index in [2.05, 4.69) is 9.97 Å². The Kier molecular flexibility index (Phi) is 8.89. The van der Waals surface area contributed by atoms with Crippen molar-refractivity contribution in [1.29, 1.82) is 0 Å². The van der Waals surface area contributed by atoms with Crippen molar-refractivity contribution in [2.75, 3.05) is 20.8 Å². The molecule has 0 radical (unpaired) electrons. The van der Waals surface area contributed by atoms with Crippen LogP contribution in [0.5, 0.6) is 17.2 Å². The van der Waals surface area contributed by atoms with Crippen LogP contribution in [0.2, 0.25) is 0 Å². The number of aromatic nitrogens is 3. The zero-order valence-corrected chi connectivity index (χ0v) is 22.4. The van der Waals surface area contributed by atoms with Gasteiger partial charge in [0, 0.05) is 29.1 Å². The van der Waals surface area contributed by atoms with Crippen LogP contribution in [0, 0.1) is 13.8 Å². The van der Waals surface area contributed by atoms with Gasteiger partial charge in [-0.15, -0.1) is 0 Å². The molecule has 12 heteroatoms. The normalized spacial score (nSPS) is 11.2. The van der Waals surface area contributed by atoms with E-state index in [0.717, 1.165) is 22.6 Å². The van der Waals surface area contributed by atoms with Gasteiger partial charge in [-0.05, 0) is 50.2 Å². The van der Waals surface area contributed by atoms with Crippen molar-refractivity contribution in [3.8, 4) is 17.2 Å². The maximum atomic E-state index is 13.8. The lowest BCUT2D eigenvalue weighted by atomic mass is 10.1. The molecule has 0 fully saturated rings. The molecular weight excluding hydrogens is 528 g/mol. The van der Waals surface area contributed by atoms with Crippen LogP contribution < -0.4 is 19.9 Å². The minimum absolute atomic E-state index is 0. The highest BCUT2D eigenvalue weighted by Gasteiger charge is 2.26. The number of hydrogen-bond acceptors (Lipinski definition) is 9. The van der Waals surface area contributed by atoms with E-state index in [1.165, 1.54) is 47.1 Å². The maximum absolute atomic E-state index is 13.8. The van der Waals surface area contributed by atoms with Gasteiger partial charge in [0.05, 0.1) is 35.8 Å².